The van der Waals surface area contributed by atoms with Crippen molar-refractivity contribution in [1.29, 1.82) is 0 Å². The number of phosphoric ester groups is 1. The number of aromatic nitrogens is 8. The number of nitrogens with zero attached hydrogens (tertiary/aromatic N) is 8. The van der Waals surface area contributed by atoms with E-state index in [0.29, 0.717) is 0 Å². The van der Waals surface area contributed by atoms with Gasteiger partial charge >= 0.3 is 7.82 Å². The fourth-order valence-electron chi connectivity index (χ4n) is 4.79. The minimum absolute atomic E-state index is 0.0864. The fourth-order valence-corrected chi connectivity index (χ4v) is 5.75. The maximum absolute atomic E-state index is 12.9. The maximum atomic E-state index is 12.9. The summed E-state index contributed by atoms with van der Waals surface area (Å²) in [6.45, 7) is -1.39. The number of fused-ring (bicyclic) bond motifs is 2. The third kappa shape index (κ3) is 4.78. The Bertz CT molecular complexity index is 1620. The molecule has 20 nitrogen and oxygen atoms in total. The Morgan fingerprint density at radius 2 is 1.37 bits per heavy atom. The van der Waals surface area contributed by atoms with Crippen LogP contribution in [0.15, 0.2) is 25.3 Å². The third-order valence-corrected chi connectivity index (χ3v) is 7.79. The average molecular weight is 596 g/mol. The molecule has 220 valence electrons. The largest absolute Gasteiger partial charge is 0.472 e. The fraction of sp³-hybridized carbons (Fsp3) is 0.500. The van der Waals surface area contributed by atoms with Crippen LogP contribution in [0, 0.1) is 0 Å². The molecule has 0 aromatic carbocycles. The second kappa shape index (κ2) is 10.4. The molecule has 0 amide bonds. The lowest BCUT2D eigenvalue weighted by Gasteiger charge is -2.23. The van der Waals surface area contributed by atoms with Crippen molar-refractivity contribution in [3.63, 3.8) is 0 Å². The third-order valence-electron chi connectivity index (χ3n) is 6.81. The number of aliphatic hydroxyl groups excluding tert-OH is 4. The predicted octanol–water partition coefficient (Wildman–Crippen LogP) is -2.80. The normalized spacial score (nSPS) is 31.7. The van der Waals surface area contributed by atoms with Crippen molar-refractivity contribution in [1.82, 2.24) is 39.0 Å². The quantitative estimate of drug-likeness (QED) is 0.101. The summed E-state index contributed by atoms with van der Waals surface area (Å²) in [5, 5.41) is 41.8. The topological polar surface area (TPSA) is 294 Å². The first-order valence-electron chi connectivity index (χ1n) is 12.1. The monoisotopic (exact) mass is 596 g/mol. The van der Waals surface area contributed by atoms with Gasteiger partial charge in [0.15, 0.2) is 35.4 Å². The Hall–Kier alpha value is -3.43. The summed E-state index contributed by atoms with van der Waals surface area (Å²) in [6.07, 6.45) is -6.18. The van der Waals surface area contributed by atoms with Crippen LogP contribution in [0.5, 0.6) is 0 Å². The maximum Gasteiger partial charge on any atom is 0.472 e. The van der Waals surface area contributed by atoms with Crippen LogP contribution in [0.2, 0.25) is 0 Å². The van der Waals surface area contributed by atoms with E-state index in [9.17, 15) is 29.9 Å². The molecule has 1 unspecified atom stereocenters. The highest BCUT2D eigenvalue weighted by Gasteiger charge is 2.50. The molecule has 4 aromatic rings. The second-order valence-electron chi connectivity index (χ2n) is 9.28. The molecule has 6 heterocycles. The number of anilines is 2. The van der Waals surface area contributed by atoms with E-state index < -0.39 is 70.1 Å². The summed E-state index contributed by atoms with van der Waals surface area (Å²) >= 11 is 0. The van der Waals surface area contributed by atoms with Crippen molar-refractivity contribution in [2.75, 3.05) is 24.7 Å². The van der Waals surface area contributed by atoms with Crippen LogP contribution in [-0.2, 0) is 23.1 Å². The molecule has 9 atom stereocenters. The number of nitrogens with two attached hydrogens (primary N) is 2. The summed E-state index contributed by atoms with van der Waals surface area (Å²) in [6, 6.07) is 0. The molecule has 2 fully saturated rings. The van der Waals surface area contributed by atoms with Crippen molar-refractivity contribution in [3.05, 3.63) is 25.3 Å². The Balaban J connectivity index is 1.14. The molecule has 21 heteroatoms. The van der Waals surface area contributed by atoms with Gasteiger partial charge in [-0.25, -0.2) is 34.5 Å². The van der Waals surface area contributed by atoms with Crippen LogP contribution in [-0.4, -0.2) is 114 Å². The van der Waals surface area contributed by atoms with E-state index in [1.165, 1.54) is 34.4 Å². The molecule has 0 radical (unpaired) electrons. The highest BCUT2D eigenvalue weighted by Crippen LogP contribution is 2.49. The lowest BCUT2D eigenvalue weighted by atomic mass is 10.1. The lowest BCUT2D eigenvalue weighted by Crippen LogP contribution is -2.36. The van der Waals surface area contributed by atoms with Crippen molar-refractivity contribution in [3.8, 4) is 0 Å². The molecule has 9 N–H and O–H groups in total. The van der Waals surface area contributed by atoms with Gasteiger partial charge in [0.1, 0.15) is 60.3 Å². The van der Waals surface area contributed by atoms with Crippen molar-refractivity contribution >= 4 is 41.8 Å². The number of nitrogen functional groups attached to an aromatic ring is 2. The molecule has 4 aromatic heterocycles. The molecule has 2 aliphatic rings. The molecular weight excluding hydrogens is 571 g/mol. The second-order valence-corrected chi connectivity index (χ2v) is 10.7. The van der Waals surface area contributed by atoms with E-state index >= 15 is 0 Å². The van der Waals surface area contributed by atoms with Crippen LogP contribution in [0.25, 0.3) is 22.3 Å². The highest BCUT2D eigenvalue weighted by atomic mass is 31.2. The zero-order valence-corrected chi connectivity index (χ0v) is 21.7. The Morgan fingerprint density at radius 1 is 0.829 bits per heavy atom. The summed E-state index contributed by atoms with van der Waals surface area (Å²) < 4.78 is 37.1. The van der Waals surface area contributed by atoms with Gasteiger partial charge in [0.2, 0.25) is 0 Å². The Morgan fingerprint density at radius 3 is 1.93 bits per heavy atom. The van der Waals surface area contributed by atoms with Crippen molar-refractivity contribution in [2.45, 2.75) is 49.1 Å². The highest BCUT2D eigenvalue weighted by molar-refractivity contribution is 7.47. The van der Waals surface area contributed by atoms with Gasteiger partial charge in [-0.2, -0.15) is 0 Å². The Labute approximate surface area is 228 Å². The van der Waals surface area contributed by atoms with Crippen LogP contribution < -0.4 is 11.5 Å². The van der Waals surface area contributed by atoms with Gasteiger partial charge in [-0.1, -0.05) is 0 Å². The standard InChI is InChI=1S/C20H25N10O10P/c21-15-9-17(25-3-23-15)29(5-27-9)19-12(33)11(32)8(39-19)2-37-41(35,36)40-14-7(1-31)38-20(13(14)34)30-6-28-10-16(22)24-4-26-18(10)30/h3-8,11-14,19-20,31-34H,1-2H2,(H,35,36)(H2,21,23,25)(H2,22,24,26)/t7-,8+,11+,12-,13+,14+,19+,20-/m0/s1. The van der Waals surface area contributed by atoms with E-state index in [1.807, 2.05) is 0 Å². The Kier molecular flexibility index (Phi) is 7.06. The van der Waals surface area contributed by atoms with Gasteiger partial charge in [0.25, 0.3) is 0 Å². The molecular formula is C20H25N10O10P. The van der Waals surface area contributed by atoms with E-state index in [-0.39, 0.29) is 34.0 Å². The molecule has 0 saturated carbocycles. The van der Waals surface area contributed by atoms with E-state index in [4.69, 9.17) is 30.0 Å². The summed E-state index contributed by atoms with van der Waals surface area (Å²) in [7, 11) is -4.96. The molecule has 41 heavy (non-hydrogen) atoms. The van der Waals surface area contributed by atoms with Crippen LogP contribution in [0.1, 0.15) is 12.5 Å². The number of rotatable bonds is 8. The van der Waals surface area contributed by atoms with Gasteiger partial charge in [-0.3, -0.25) is 18.2 Å². The van der Waals surface area contributed by atoms with Crippen LogP contribution in [0.3, 0.4) is 0 Å². The molecule has 6 rings (SSSR count). The summed E-state index contributed by atoms with van der Waals surface area (Å²) in [5.41, 5.74) is 12.5. The zero-order chi connectivity index (χ0) is 29.1. The minimum atomic E-state index is -4.96. The van der Waals surface area contributed by atoms with Gasteiger partial charge in [0, 0.05) is 0 Å². The summed E-state index contributed by atoms with van der Waals surface area (Å²) in [4.78, 5) is 34.4. The molecule has 0 spiro atoms. The molecule has 2 saturated heterocycles. The van der Waals surface area contributed by atoms with Gasteiger partial charge in [-0.15, -0.1) is 0 Å². The molecule has 2 aliphatic heterocycles. The number of hydrogen-bond acceptors (Lipinski definition) is 17. The number of aliphatic hydroxyl groups is 4. The van der Waals surface area contributed by atoms with Gasteiger partial charge < -0.3 is 46.3 Å². The van der Waals surface area contributed by atoms with E-state index in [0.717, 1.165) is 0 Å². The van der Waals surface area contributed by atoms with E-state index in [1.54, 1.807) is 0 Å². The smallest absolute Gasteiger partial charge is 0.394 e. The van der Waals surface area contributed by atoms with Gasteiger partial charge in [-0.05, 0) is 0 Å². The van der Waals surface area contributed by atoms with Gasteiger partial charge in [0.05, 0.1) is 25.9 Å². The SMILES string of the molecule is Nc1ncnc2c1ncn2[C@@H]1O[C@H](COP(=O)(O)O[C@H]2[C@@H](O)[C@@H](n3cnc4c(N)ncnc43)O[C@H]2CO)[C@@H](O)[C@@H]1O. The number of phosphoric acid groups is 1. The summed E-state index contributed by atoms with van der Waals surface area (Å²) in [5.74, 6) is 0.184. The predicted molar refractivity (Wildman–Crippen MR) is 133 cm³/mol. The number of hydrogen-bond donors (Lipinski definition) is 7. The van der Waals surface area contributed by atoms with Crippen molar-refractivity contribution < 1.29 is 48.4 Å². The lowest BCUT2D eigenvalue weighted by molar-refractivity contribution is -0.0585. The van der Waals surface area contributed by atoms with E-state index in [2.05, 4.69) is 29.9 Å². The number of imidazole rings is 2. The first-order valence-corrected chi connectivity index (χ1v) is 13.6. The molecule has 0 aliphatic carbocycles. The molecule has 0 bridgehead atoms. The minimum Gasteiger partial charge on any atom is -0.394 e. The average Bonchev–Trinajstić information content (AvgIpc) is 3.70. The van der Waals surface area contributed by atoms with Crippen molar-refractivity contribution in [2.24, 2.45) is 0 Å². The first-order chi connectivity index (χ1) is 19.6. The van der Waals surface area contributed by atoms with Crippen LogP contribution >= 0.6 is 7.82 Å². The first kappa shape index (κ1) is 27.7. The zero-order valence-electron chi connectivity index (χ0n) is 20.8. The number of ether oxygens (including phenoxy) is 2. The van der Waals surface area contributed by atoms with Crippen LogP contribution in [0.4, 0.5) is 11.6 Å².